The third-order valence-electron chi connectivity index (χ3n) is 4.94. The average Bonchev–Trinajstić information content (AvgIpc) is 2.46. The van der Waals surface area contributed by atoms with E-state index in [2.05, 4.69) is 48.2 Å². The molecule has 1 aliphatic carbocycles. The second-order valence-electron chi connectivity index (χ2n) is 6.96. The highest BCUT2D eigenvalue weighted by Gasteiger charge is 2.24. The average molecular weight is 279 g/mol. The van der Waals surface area contributed by atoms with Gasteiger partial charge in [0.2, 0.25) is 0 Å². The number of hydrogen-bond acceptors (Lipinski definition) is 3. The van der Waals surface area contributed by atoms with Crippen molar-refractivity contribution in [2.75, 3.05) is 46.3 Å². The van der Waals surface area contributed by atoms with Gasteiger partial charge in [0.25, 0.3) is 0 Å². The predicted octanol–water partition coefficient (Wildman–Crippen LogP) is 2.20. The first kappa shape index (κ1) is 16.0. The molecule has 2 rings (SSSR count). The summed E-state index contributed by atoms with van der Waals surface area (Å²) in [6, 6.07) is 0.697. The Bertz CT molecular complexity index is 293. The fraction of sp³-hybridized carbons (Fsp3) is 0.882. The van der Waals surface area contributed by atoms with E-state index in [-0.39, 0.29) is 0 Å². The minimum Gasteiger partial charge on any atom is -0.315 e. The molecule has 1 heterocycles. The number of hydrogen-bond donors (Lipinski definition) is 1. The molecular formula is C17H33N3. The van der Waals surface area contributed by atoms with E-state index in [4.69, 9.17) is 0 Å². The number of rotatable bonds is 6. The maximum atomic E-state index is 3.76. The van der Waals surface area contributed by atoms with Crippen LogP contribution in [0.2, 0.25) is 0 Å². The lowest BCUT2D eigenvalue weighted by atomic mass is 9.94. The Balaban J connectivity index is 1.73. The summed E-state index contributed by atoms with van der Waals surface area (Å²) in [4.78, 5) is 5.13. The summed E-state index contributed by atoms with van der Waals surface area (Å²) in [5.74, 6) is 1.59. The van der Waals surface area contributed by atoms with Crippen LogP contribution >= 0.6 is 0 Å². The Labute approximate surface area is 125 Å². The zero-order valence-corrected chi connectivity index (χ0v) is 13.6. The molecule has 2 aliphatic rings. The molecule has 0 amide bonds. The second-order valence-corrected chi connectivity index (χ2v) is 6.96. The number of nitrogens with zero attached hydrogens (tertiary/aromatic N) is 2. The zero-order valence-electron chi connectivity index (χ0n) is 13.6. The van der Waals surface area contributed by atoms with Crippen LogP contribution in [0.15, 0.2) is 12.2 Å². The SMILES string of the molecule is CC(C)C(CNCC1CC=CCC1)N1CCN(C)CC1. The summed E-state index contributed by atoms with van der Waals surface area (Å²) in [5.41, 5.74) is 0. The molecule has 0 aromatic carbocycles. The van der Waals surface area contributed by atoms with Gasteiger partial charge in [-0.1, -0.05) is 26.0 Å². The second kappa shape index (κ2) is 8.16. The van der Waals surface area contributed by atoms with Crippen molar-refractivity contribution in [2.45, 2.75) is 39.2 Å². The highest BCUT2D eigenvalue weighted by molar-refractivity contribution is 4.91. The van der Waals surface area contributed by atoms with Crippen LogP contribution in [0.1, 0.15) is 33.1 Å². The highest BCUT2D eigenvalue weighted by Crippen LogP contribution is 2.17. The number of allylic oxidation sites excluding steroid dienone is 2. The molecule has 116 valence electrons. The predicted molar refractivity (Wildman–Crippen MR) is 87.0 cm³/mol. The van der Waals surface area contributed by atoms with Gasteiger partial charge in [-0.05, 0) is 44.7 Å². The van der Waals surface area contributed by atoms with Gasteiger partial charge in [0.15, 0.2) is 0 Å². The number of likely N-dealkylation sites (N-methyl/N-ethyl adjacent to an activating group) is 1. The van der Waals surface area contributed by atoms with Crippen LogP contribution in [0, 0.1) is 11.8 Å². The molecule has 0 aromatic rings. The summed E-state index contributed by atoms with van der Waals surface area (Å²) in [6.07, 6.45) is 8.60. The molecule has 1 aliphatic heterocycles. The Morgan fingerprint density at radius 2 is 1.90 bits per heavy atom. The first-order chi connectivity index (χ1) is 9.66. The van der Waals surface area contributed by atoms with E-state index >= 15 is 0 Å². The maximum absolute atomic E-state index is 3.76. The van der Waals surface area contributed by atoms with Gasteiger partial charge >= 0.3 is 0 Å². The standard InChI is InChI=1S/C17H33N3/c1-15(2)17(20-11-9-19(3)10-12-20)14-18-13-16-7-5-4-6-8-16/h4-5,15-18H,6-14H2,1-3H3. The van der Waals surface area contributed by atoms with Crippen LogP contribution in [0.25, 0.3) is 0 Å². The Morgan fingerprint density at radius 1 is 1.15 bits per heavy atom. The third kappa shape index (κ3) is 4.87. The summed E-state index contributed by atoms with van der Waals surface area (Å²) in [7, 11) is 2.23. The molecule has 1 fully saturated rings. The first-order valence-electron chi connectivity index (χ1n) is 8.45. The Morgan fingerprint density at radius 3 is 2.50 bits per heavy atom. The van der Waals surface area contributed by atoms with E-state index in [1.165, 1.54) is 52.0 Å². The largest absolute Gasteiger partial charge is 0.315 e. The van der Waals surface area contributed by atoms with Gasteiger partial charge in [0, 0.05) is 38.8 Å². The molecular weight excluding hydrogens is 246 g/mol. The van der Waals surface area contributed by atoms with E-state index in [0.29, 0.717) is 6.04 Å². The molecule has 20 heavy (non-hydrogen) atoms. The van der Waals surface area contributed by atoms with Gasteiger partial charge in [-0.3, -0.25) is 4.90 Å². The molecule has 0 saturated carbocycles. The van der Waals surface area contributed by atoms with E-state index in [1.54, 1.807) is 0 Å². The van der Waals surface area contributed by atoms with Crippen molar-refractivity contribution in [3.63, 3.8) is 0 Å². The monoisotopic (exact) mass is 279 g/mol. The maximum Gasteiger partial charge on any atom is 0.0244 e. The lowest BCUT2D eigenvalue weighted by Gasteiger charge is -2.40. The van der Waals surface area contributed by atoms with Crippen LogP contribution in [-0.4, -0.2) is 62.2 Å². The van der Waals surface area contributed by atoms with Crippen molar-refractivity contribution in [1.29, 1.82) is 0 Å². The van der Waals surface area contributed by atoms with Crippen LogP contribution in [0.4, 0.5) is 0 Å². The van der Waals surface area contributed by atoms with Crippen molar-refractivity contribution in [3.8, 4) is 0 Å². The Kier molecular flexibility index (Phi) is 6.53. The zero-order chi connectivity index (χ0) is 14.4. The Hall–Kier alpha value is -0.380. The third-order valence-corrected chi connectivity index (χ3v) is 4.94. The molecule has 0 spiro atoms. The van der Waals surface area contributed by atoms with Gasteiger partial charge in [0.1, 0.15) is 0 Å². The van der Waals surface area contributed by atoms with Gasteiger partial charge in [-0.15, -0.1) is 0 Å². The van der Waals surface area contributed by atoms with Gasteiger partial charge in [0.05, 0.1) is 0 Å². The normalized spacial score (nSPS) is 27.1. The molecule has 3 heteroatoms. The lowest BCUT2D eigenvalue weighted by molar-refractivity contribution is 0.0870. The minimum atomic E-state index is 0.697. The van der Waals surface area contributed by atoms with Gasteiger partial charge < -0.3 is 10.2 Å². The minimum absolute atomic E-state index is 0.697. The van der Waals surface area contributed by atoms with E-state index in [0.717, 1.165) is 18.4 Å². The molecule has 1 saturated heterocycles. The fourth-order valence-corrected chi connectivity index (χ4v) is 3.42. The molecule has 3 nitrogen and oxygen atoms in total. The van der Waals surface area contributed by atoms with Crippen molar-refractivity contribution >= 4 is 0 Å². The van der Waals surface area contributed by atoms with Gasteiger partial charge in [-0.2, -0.15) is 0 Å². The summed E-state index contributed by atoms with van der Waals surface area (Å²) < 4.78 is 0. The molecule has 0 radical (unpaired) electrons. The molecule has 0 bridgehead atoms. The van der Waals surface area contributed by atoms with Crippen LogP contribution in [0.3, 0.4) is 0 Å². The quantitative estimate of drug-likeness (QED) is 0.752. The highest BCUT2D eigenvalue weighted by atomic mass is 15.3. The fourth-order valence-electron chi connectivity index (χ4n) is 3.42. The van der Waals surface area contributed by atoms with E-state index < -0.39 is 0 Å². The first-order valence-corrected chi connectivity index (χ1v) is 8.45. The van der Waals surface area contributed by atoms with E-state index in [1.807, 2.05) is 0 Å². The topological polar surface area (TPSA) is 18.5 Å². The summed E-state index contributed by atoms with van der Waals surface area (Å²) in [5, 5.41) is 3.76. The van der Waals surface area contributed by atoms with Crippen LogP contribution in [-0.2, 0) is 0 Å². The van der Waals surface area contributed by atoms with E-state index in [9.17, 15) is 0 Å². The summed E-state index contributed by atoms with van der Waals surface area (Å²) >= 11 is 0. The van der Waals surface area contributed by atoms with Crippen molar-refractivity contribution in [2.24, 2.45) is 11.8 Å². The van der Waals surface area contributed by atoms with Crippen molar-refractivity contribution < 1.29 is 0 Å². The van der Waals surface area contributed by atoms with Gasteiger partial charge in [-0.25, -0.2) is 0 Å². The van der Waals surface area contributed by atoms with Crippen LogP contribution in [0.5, 0.6) is 0 Å². The molecule has 2 atom stereocenters. The summed E-state index contributed by atoms with van der Waals surface area (Å²) in [6.45, 7) is 12.0. The lowest BCUT2D eigenvalue weighted by Crippen LogP contribution is -2.54. The number of piperazine rings is 1. The smallest absolute Gasteiger partial charge is 0.0244 e. The van der Waals surface area contributed by atoms with Crippen molar-refractivity contribution in [3.05, 3.63) is 12.2 Å². The van der Waals surface area contributed by atoms with Crippen molar-refractivity contribution in [1.82, 2.24) is 15.1 Å². The molecule has 1 N–H and O–H groups in total. The molecule has 2 unspecified atom stereocenters. The molecule has 0 aromatic heterocycles. The number of nitrogens with one attached hydrogen (secondary N) is 1. The van der Waals surface area contributed by atoms with Crippen LogP contribution < -0.4 is 5.32 Å².